The lowest BCUT2D eigenvalue weighted by Crippen LogP contribution is -2.44. The summed E-state index contributed by atoms with van der Waals surface area (Å²) in [5.74, 6) is 0.174. The van der Waals surface area contributed by atoms with Crippen LogP contribution in [0.5, 0.6) is 17.4 Å². The number of nitrogens with zero attached hydrogens (tertiary/aromatic N) is 4. The summed E-state index contributed by atoms with van der Waals surface area (Å²) in [6.07, 6.45) is 3.44. The topological polar surface area (TPSA) is 101 Å². The maximum absolute atomic E-state index is 15.2. The average molecular weight is 643 g/mol. The number of rotatable bonds is 13. The maximum atomic E-state index is 15.2. The molecule has 1 saturated heterocycles. The largest absolute Gasteiger partial charge is 0.493 e. The van der Waals surface area contributed by atoms with E-state index in [0.29, 0.717) is 41.8 Å². The third-order valence-corrected chi connectivity index (χ3v) is 8.11. The molecule has 0 bridgehead atoms. The Morgan fingerprint density at radius 3 is 2.47 bits per heavy atom. The van der Waals surface area contributed by atoms with Gasteiger partial charge >= 0.3 is 0 Å². The summed E-state index contributed by atoms with van der Waals surface area (Å²) in [6.45, 7) is 10.3. The summed E-state index contributed by atoms with van der Waals surface area (Å²) < 4.78 is 32.9. The first-order valence-electron chi connectivity index (χ1n) is 15.9. The van der Waals surface area contributed by atoms with E-state index >= 15 is 4.39 Å². The Morgan fingerprint density at radius 2 is 1.77 bits per heavy atom. The minimum Gasteiger partial charge on any atom is -0.493 e. The number of methoxy groups -OCH3 is 1. The van der Waals surface area contributed by atoms with Gasteiger partial charge in [0.15, 0.2) is 11.5 Å². The molecule has 0 spiro atoms. The number of benzene rings is 3. The quantitative estimate of drug-likeness (QED) is 0.148. The first-order chi connectivity index (χ1) is 22.7. The van der Waals surface area contributed by atoms with Gasteiger partial charge in [-0.25, -0.2) is 9.37 Å². The zero-order valence-electron chi connectivity index (χ0n) is 27.7. The van der Waals surface area contributed by atoms with Crippen LogP contribution in [0.3, 0.4) is 0 Å². The molecular weight excluding hydrogens is 599 g/mol. The maximum Gasteiger partial charge on any atom is 0.262 e. The number of para-hydroxylation sites is 1. The van der Waals surface area contributed by atoms with Gasteiger partial charge in [-0.05, 0) is 74.3 Å². The number of amides is 1. The molecule has 1 aromatic heterocycles. The van der Waals surface area contributed by atoms with E-state index in [1.807, 2.05) is 49.1 Å². The van der Waals surface area contributed by atoms with E-state index in [9.17, 15) is 4.79 Å². The first-order valence-corrected chi connectivity index (χ1v) is 15.9. The van der Waals surface area contributed by atoms with Crippen LogP contribution in [0, 0.1) is 19.7 Å². The molecule has 4 aromatic rings. The van der Waals surface area contributed by atoms with E-state index in [1.165, 1.54) is 12.3 Å². The second-order valence-electron chi connectivity index (χ2n) is 11.7. The van der Waals surface area contributed by atoms with Crippen molar-refractivity contribution in [2.45, 2.75) is 40.2 Å². The van der Waals surface area contributed by atoms with Gasteiger partial charge in [0, 0.05) is 50.4 Å². The molecule has 0 saturated carbocycles. The van der Waals surface area contributed by atoms with Gasteiger partial charge < -0.3 is 34.6 Å². The third kappa shape index (κ3) is 8.55. The van der Waals surface area contributed by atoms with E-state index in [0.717, 1.165) is 55.7 Å². The van der Waals surface area contributed by atoms with Crippen molar-refractivity contribution in [2.24, 2.45) is 0 Å². The number of anilines is 4. The number of aromatic nitrogens is 2. The van der Waals surface area contributed by atoms with Gasteiger partial charge in [-0.2, -0.15) is 4.98 Å². The normalized spacial score (nSPS) is 13.4. The van der Waals surface area contributed by atoms with Crippen molar-refractivity contribution in [2.75, 3.05) is 62.5 Å². The fourth-order valence-electron chi connectivity index (χ4n) is 5.30. The Hall–Kier alpha value is -4.74. The Balaban J connectivity index is 1.42. The van der Waals surface area contributed by atoms with Gasteiger partial charge in [0.25, 0.3) is 5.91 Å². The molecule has 2 N–H and O–H groups in total. The van der Waals surface area contributed by atoms with Crippen molar-refractivity contribution >= 4 is 28.9 Å². The van der Waals surface area contributed by atoms with Crippen LogP contribution in [-0.2, 0) is 11.3 Å². The Labute approximate surface area is 275 Å². The number of carbonyl (C=O) groups excluding carboxylic acids is 1. The second kappa shape index (κ2) is 15.7. The van der Waals surface area contributed by atoms with Crippen molar-refractivity contribution in [3.8, 4) is 17.4 Å². The molecule has 1 fully saturated rings. The minimum atomic E-state index is -0.438. The van der Waals surface area contributed by atoms with Crippen molar-refractivity contribution in [1.29, 1.82) is 0 Å². The number of piperazine rings is 1. The van der Waals surface area contributed by atoms with E-state index in [-0.39, 0.29) is 23.2 Å². The molecule has 1 aliphatic rings. The van der Waals surface area contributed by atoms with Crippen LogP contribution < -0.4 is 25.0 Å². The predicted octanol–water partition coefficient (Wildman–Crippen LogP) is 7.10. The molecule has 5 rings (SSSR count). The van der Waals surface area contributed by atoms with Crippen LogP contribution in [0.15, 0.2) is 60.8 Å². The summed E-state index contributed by atoms with van der Waals surface area (Å²) in [4.78, 5) is 26.9. The van der Waals surface area contributed by atoms with Crippen LogP contribution >= 0.6 is 0 Å². The molecule has 2 heterocycles. The number of aryl methyl sites for hydroxylation is 2. The zero-order valence-corrected chi connectivity index (χ0v) is 27.7. The van der Waals surface area contributed by atoms with Crippen molar-refractivity contribution in [3.63, 3.8) is 0 Å². The van der Waals surface area contributed by atoms with Crippen molar-refractivity contribution < 1.29 is 23.4 Å². The molecule has 0 unspecified atom stereocenters. The lowest BCUT2D eigenvalue weighted by atomic mass is 10.1. The second-order valence-corrected chi connectivity index (χ2v) is 11.7. The van der Waals surface area contributed by atoms with E-state index in [1.54, 1.807) is 25.3 Å². The molecule has 1 amide bonds. The number of unbranched alkanes of at least 4 members (excludes halogenated alkanes) is 1. The molecular formula is C36H43FN6O4. The SMILES string of the molecule is CCCCOCc1ccc(Oc2nc(Nc3ccc(N4CCN(C)CC4)c(F)c3)ncc2C(=O)Nc2c(C)cccc2C)c(OC)c1. The monoisotopic (exact) mass is 642 g/mol. The fourth-order valence-corrected chi connectivity index (χ4v) is 5.30. The number of halogens is 1. The predicted molar refractivity (Wildman–Crippen MR) is 183 cm³/mol. The van der Waals surface area contributed by atoms with Gasteiger partial charge in [-0.3, -0.25) is 4.79 Å². The molecule has 248 valence electrons. The Kier molecular flexibility index (Phi) is 11.2. The van der Waals surface area contributed by atoms with Gasteiger partial charge in [0.1, 0.15) is 11.4 Å². The highest BCUT2D eigenvalue weighted by Crippen LogP contribution is 2.35. The number of nitrogens with one attached hydrogen (secondary N) is 2. The van der Waals surface area contributed by atoms with Gasteiger partial charge in [0.2, 0.25) is 11.8 Å². The number of likely N-dealkylation sites (N-methyl/N-ethyl adjacent to an activating group) is 1. The number of hydrogen-bond donors (Lipinski definition) is 2. The standard InChI is InChI=1S/C36H43FN6O4/c1-6-7-19-46-23-26-11-14-31(32(20-26)45-5)47-35-28(34(44)40-33-24(2)9-8-10-25(33)3)22-38-36(41-35)39-27-12-13-30(29(37)21-27)43-17-15-42(4)16-18-43/h8-14,20-22H,6-7,15-19,23H2,1-5H3,(H,40,44)(H,38,39,41). The smallest absolute Gasteiger partial charge is 0.262 e. The van der Waals surface area contributed by atoms with Crippen LogP contribution in [0.4, 0.5) is 27.4 Å². The molecule has 0 aliphatic carbocycles. The summed E-state index contributed by atoms with van der Waals surface area (Å²) in [5, 5.41) is 6.05. The summed E-state index contributed by atoms with van der Waals surface area (Å²) in [6, 6.07) is 16.2. The fraction of sp³-hybridized carbons (Fsp3) is 0.361. The van der Waals surface area contributed by atoms with Gasteiger partial charge in [0.05, 0.1) is 19.4 Å². The molecule has 3 aromatic carbocycles. The van der Waals surface area contributed by atoms with Crippen LogP contribution in [0.25, 0.3) is 0 Å². The van der Waals surface area contributed by atoms with Crippen molar-refractivity contribution in [3.05, 3.63) is 88.9 Å². The lowest BCUT2D eigenvalue weighted by molar-refractivity contribution is 0.102. The summed E-state index contributed by atoms with van der Waals surface area (Å²) >= 11 is 0. The van der Waals surface area contributed by atoms with E-state index in [2.05, 4.69) is 39.5 Å². The van der Waals surface area contributed by atoms with Crippen LogP contribution in [0.2, 0.25) is 0 Å². The average Bonchev–Trinajstić information content (AvgIpc) is 3.06. The molecule has 1 aliphatic heterocycles. The lowest BCUT2D eigenvalue weighted by Gasteiger charge is -2.34. The highest BCUT2D eigenvalue weighted by Gasteiger charge is 2.22. The Bertz CT molecular complexity index is 1670. The zero-order chi connectivity index (χ0) is 33.3. The summed E-state index contributed by atoms with van der Waals surface area (Å²) in [5.41, 5.74) is 4.59. The number of ether oxygens (including phenoxy) is 3. The van der Waals surface area contributed by atoms with Gasteiger partial charge in [-0.15, -0.1) is 0 Å². The molecule has 0 atom stereocenters. The first kappa shape index (κ1) is 33.6. The molecule has 11 heteroatoms. The van der Waals surface area contributed by atoms with E-state index in [4.69, 9.17) is 14.2 Å². The molecule has 0 radical (unpaired) electrons. The molecule has 10 nitrogen and oxygen atoms in total. The van der Waals surface area contributed by atoms with E-state index < -0.39 is 5.91 Å². The van der Waals surface area contributed by atoms with Gasteiger partial charge in [-0.1, -0.05) is 37.6 Å². The number of carbonyl (C=O) groups is 1. The summed E-state index contributed by atoms with van der Waals surface area (Å²) in [7, 11) is 3.61. The molecule has 47 heavy (non-hydrogen) atoms. The number of hydrogen-bond acceptors (Lipinski definition) is 9. The highest BCUT2D eigenvalue weighted by atomic mass is 19.1. The van der Waals surface area contributed by atoms with Crippen LogP contribution in [0.1, 0.15) is 46.8 Å². The van der Waals surface area contributed by atoms with Crippen molar-refractivity contribution in [1.82, 2.24) is 14.9 Å². The highest BCUT2D eigenvalue weighted by molar-refractivity contribution is 6.06. The minimum absolute atomic E-state index is 0.00557. The van der Waals surface area contributed by atoms with Crippen LogP contribution in [-0.4, -0.2) is 67.7 Å². The Morgan fingerprint density at radius 1 is 1.00 bits per heavy atom. The third-order valence-electron chi connectivity index (χ3n) is 8.11.